The van der Waals surface area contributed by atoms with Crippen molar-refractivity contribution >= 4 is 0 Å². The molecule has 1 saturated carbocycles. The lowest BCUT2D eigenvalue weighted by Gasteiger charge is -2.33. The van der Waals surface area contributed by atoms with Crippen molar-refractivity contribution in [3.63, 3.8) is 0 Å². The van der Waals surface area contributed by atoms with Gasteiger partial charge in [0.25, 0.3) is 0 Å². The van der Waals surface area contributed by atoms with Gasteiger partial charge in [0.15, 0.2) is 0 Å². The summed E-state index contributed by atoms with van der Waals surface area (Å²) in [6, 6.07) is 0.643. The molecule has 2 N–H and O–H groups in total. The predicted octanol–water partition coefficient (Wildman–Crippen LogP) is 2.27. The van der Waals surface area contributed by atoms with Crippen molar-refractivity contribution in [2.75, 3.05) is 6.54 Å². The molecule has 3 nitrogen and oxygen atoms in total. The molecule has 0 aliphatic heterocycles. The third-order valence-corrected chi connectivity index (χ3v) is 3.63. The number of aromatic nitrogens is 2. The fourth-order valence-electron chi connectivity index (χ4n) is 2.84. The summed E-state index contributed by atoms with van der Waals surface area (Å²) in [5.41, 5.74) is 5.69. The van der Waals surface area contributed by atoms with Crippen LogP contribution < -0.4 is 5.73 Å². The van der Waals surface area contributed by atoms with Crippen LogP contribution in [0.2, 0.25) is 0 Å². The molecular formula is C12H21N3. The summed E-state index contributed by atoms with van der Waals surface area (Å²) in [4.78, 5) is 4.32. The Kier molecular flexibility index (Phi) is 3.41. The van der Waals surface area contributed by atoms with Gasteiger partial charge in [0.05, 0.1) is 0 Å². The van der Waals surface area contributed by atoms with E-state index in [1.54, 1.807) is 0 Å². The van der Waals surface area contributed by atoms with Gasteiger partial charge in [-0.05, 0) is 38.6 Å². The summed E-state index contributed by atoms with van der Waals surface area (Å²) < 4.78 is 2.35. The summed E-state index contributed by atoms with van der Waals surface area (Å²) in [5, 5.41) is 0. The van der Waals surface area contributed by atoms with E-state index < -0.39 is 0 Å². The highest BCUT2D eigenvalue weighted by atomic mass is 15.1. The topological polar surface area (TPSA) is 43.8 Å². The van der Waals surface area contributed by atoms with Crippen molar-refractivity contribution in [1.82, 2.24) is 9.55 Å². The molecular weight excluding hydrogens is 186 g/mol. The highest BCUT2D eigenvalue weighted by Gasteiger charge is 2.26. The number of hydrogen-bond acceptors (Lipinski definition) is 2. The second-order valence-corrected chi connectivity index (χ2v) is 4.57. The van der Waals surface area contributed by atoms with E-state index in [2.05, 4.69) is 22.7 Å². The lowest BCUT2D eigenvalue weighted by atomic mass is 9.82. The Balaban J connectivity index is 2.14. The first kappa shape index (κ1) is 10.7. The van der Waals surface area contributed by atoms with Crippen molar-refractivity contribution in [2.45, 2.75) is 45.1 Å². The number of imidazole rings is 1. The molecule has 0 bridgehead atoms. The quantitative estimate of drug-likeness (QED) is 0.826. The van der Waals surface area contributed by atoms with Gasteiger partial charge in [-0.3, -0.25) is 0 Å². The summed E-state index contributed by atoms with van der Waals surface area (Å²) >= 11 is 0. The second-order valence-electron chi connectivity index (χ2n) is 4.57. The number of aryl methyl sites for hydroxylation is 1. The minimum absolute atomic E-state index is 0.643. The molecule has 1 aromatic rings. The maximum atomic E-state index is 5.69. The van der Waals surface area contributed by atoms with Gasteiger partial charge in [-0.15, -0.1) is 0 Å². The largest absolute Gasteiger partial charge is 0.332 e. The maximum absolute atomic E-state index is 5.69. The SMILES string of the molecule is Cc1nccn1C1CCCCC1CCN. The molecule has 2 unspecified atom stereocenters. The predicted molar refractivity (Wildman–Crippen MR) is 61.6 cm³/mol. The van der Waals surface area contributed by atoms with Crippen LogP contribution >= 0.6 is 0 Å². The van der Waals surface area contributed by atoms with Crippen LogP contribution in [-0.4, -0.2) is 16.1 Å². The zero-order chi connectivity index (χ0) is 10.7. The van der Waals surface area contributed by atoms with Crippen LogP contribution in [0.5, 0.6) is 0 Å². The molecule has 0 spiro atoms. The molecule has 0 aromatic carbocycles. The van der Waals surface area contributed by atoms with E-state index in [1.165, 1.54) is 25.7 Å². The zero-order valence-electron chi connectivity index (χ0n) is 9.52. The van der Waals surface area contributed by atoms with Crippen LogP contribution in [0.1, 0.15) is 44.0 Å². The van der Waals surface area contributed by atoms with Gasteiger partial charge in [0, 0.05) is 18.4 Å². The summed E-state index contributed by atoms with van der Waals surface area (Å²) in [7, 11) is 0. The fraction of sp³-hybridized carbons (Fsp3) is 0.750. The van der Waals surface area contributed by atoms with E-state index in [-0.39, 0.29) is 0 Å². The van der Waals surface area contributed by atoms with Gasteiger partial charge in [-0.1, -0.05) is 12.8 Å². The van der Waals surface area contributed by atoms with Crippen molar-refractivity contribution in [2.24, 2.45) is 11.7 Å². The second kappa shape index (κ2) is 4.79. The van der Waals surface area contributed by atoms with Crippen molar-refractivity contribution in [1.29, 1.82) is 0 Å². The van der Waals surface area contributed by atoms with Gasteiger partial charge in [-0.2, -0.15) is 0 Å². The van der Waals surface area contributed by atoms with E-state index in [0.29, 0.717) is 6.04 Å². The van der Waals surface area contributed by atoms with Crippen LogP contribution in [0, 0.1) is 12.8 Å². The normalized spacial score (nSPS) is 26.8. The van der Waals surface area contributed by atoms with Gasteiger partial charge in [-0.25, -0.2) is 4.98 Å². The molecule has 84 valence electrons. The molecule has 1 heterocycles. The van der Waals surface area contributed by atoms with E-state index in [9.17, 15) is 0 Å². The van der Waals surface area contributed by atoms with Crippen LogP contribution in [0.25, 0.3) is 0 Å². The van der Waals surface area contributed by atoms with Gasteiger partial charge < -0.3 is 10.3 Å². The van der Waals surface area contributed by atoms with E-state index >= 15 is 0 Å². The highest BCUT2D eigenvalue weighted by molar-refractivity contribution is 4.95. The van der Waals surface area contributed by atoms with Crippen LogP contribution in [0.15, 0.2) is 12.4 Å². The van der Waals surface area contributed by atoms with E-state index in [0.717, 1.165) is 24.7 Å². The monoisotopic (exact) mass is 207 g/mol. The smallest absolute Gasteiger partial charge is 0.105 e. The molecule has 0 amide bonds. The maximum Gasteiger partial charge on any atom is 0.105 e. The Morgan fingerprint density at radius 2 is 2.27 bits per heavy atom. The minimum atomic E-state index is 0.643. The Morgan fingerprint density at radius 1 is 1.47 bits per heavy atom. The van der Waals surface area contributed by atoms with Gasteiger partial charge in [0.2, 0.25) is 0 Å². The molecule has 15 heavy (non-hydrogen) atoms. The Bertz CT molecular complexity index is 304. The molecule has 2 rings (SSSR count). The lowest BCUT2D eigenvalue weighted by Crippen LogP contribution is -2.25. The zero-order valence-corrected chi connectivity index (χ0v) is 9.52. The van der Waals surface area contributed by atoms with E-state index in [4.69, 9.17) is 5.73 Å². The molecule has 3 heteroatoms. The molecule has 1 aliphatic rings. The first-order valence-electron chi connectivity index (χ1n) is 6.02. The van der Waals surface area contributed by atoms with Crippen LogP contribution in [0.4, 0.5) is 0 Å². The Hall–Kier alpha value is -0.830. The third-order valence-electron chi connectivity index (χ3n) is 3.63. The van der Waals surface area contributed by atoms with Crippen LogP contribution in [-0.2, 0) is 0 Å². The number of rotatable bonds is 3. The standard InChI is InChI=1S/C12H21N3/c1-10-14-8-9-15(10)12-5-3-2-4-11(12)6-7-13/h8-9,11-12H,2-7,13H2,1H3. The lowest BCUT2D eigenvalue weighted by molar-refractivity contribution is 0.226. The van der Waals surface area contributed by atoms with Gasteiger partial charge in [0.1, 0.15) is 5.82 Å². The number of nitrogens with two attached hydrogens (primary N) is 1. The van der Waals surface area contributed by atoms with Crippen molar-refractivity contribution in [3.05, 3.63) is 18.2 Å². The molecule has 0 radical (unpaired) electrons. The molecule has 1 aliphatic carbocycles. The third kappa shape index (κ3) is 2.23. The fourth-order valence-corrected chi connectivity index (χ4v) is 2.84. The average Bonchev–Trinajstić information content (AvgIpc) is 2.66. The molecule has 0 saturated heterocycles. The summed E-state index contributed by atoms with van der Waals surface area (Å²) in [6.07, 6.45) is 10.5. The minimum Gasteiger partial charge on any atom is -0.332 e. The summed E-state index contributed by atoms with van der Waals surface area (Å²) in [6.45, 7) is 2.91. The van der Waals surface area contributed by atoms with E-state index in [1.807, 2.05) is 6.20 Å². The average molecular weight is 207 g/mol. The molecule has 1 aromatic heterocycles. The molecule has 1 fully saturated rings. The first-order chi connectivity index (χ1) is 7.33. The Labute approximate surface area is 91.7 Å². The van der Waals surface area contributed by atoms with Crippen molar-refractivity contribution in [3.8, 4) is 0 Å². The number of hydrogen-bond donors (Lipinski definition) is 1. The molecule has 2 atom stereocenters. The summed E-state index contributed by atoms with van der Waals surface area (Å²) in [5.74, 6) is 1.90. The van der Waals surface area contributed by atoms with Crippen molar-refractivity contribution < 1.29 is 0 Å². The highest BCUT2D eigenvalue weighted by Crippen LogP contribution is 2.36. The number of nitrogens with zero attached hydrogens (tertiary/aromatic N) is 2. The van der Waals surface area contributed by atoms with Crippen LogP contribution in [0.3, 0.4) is 0 Å². The first-order valence-corrected chi connectivity index (χ1v) is 6.02. The Morgan fingerprint density at radius 3 is 2.93 bits per heavy atom. The van der Waals surface area contributed by atoms with Gasteiger partial charge >= 0.3 is 0 Å².